The summed E-state index contributed by atoms with van der Waals surface area (Å²) in [6.45, 7) is 0. The van der Waals surface area contributed by atoms with Crippen LogP contribution in [0.2, 0.25) is 5.02 Å². The van der Waals surface area contributed by atoms with Gasteiger partial charge in [0.25, 0.3) is 5.56 Å². The molecule has 7 nitrogen and oxygen atoms in total. The van der Waals surface area contributed by atoms with Crippen LogP contribution in [0.15, 0.2) is 50.2 Å². The van der Waals surface area contributed by atoms with Gasteiger partial charge in [-0.3, -0.25) is 4.79 Å². The second kappa shape index (κ2) is 7.67. The summed E-state index contributed by atoms with van der Waals surface area (Å²) in [5.41, 5.74) is 1.68. The maximum atomic E-state index is 12.9. The third-order valence-corrected chi connectivity index (χ3v) is 6.39. The number of aromatic nitrogens is 3. The van der Waals surface area contributed by atoms with Gasteiger partial charge in [-0.05, 0) is 40.2 Å². The number of ether oxygens (including phenoxy) is 2. The molecule has 0 saturated carbocycles. The minimum absolute atomic E-state index is 0.194. The van der Waals surface area contributed by atoms with E-state index in [4.69, 9.17) is 25.5 Å². The highest BCUT2D eigenvalue weighted by molar-refractivity contribution is 9.10. The third kappa shape index (κ3) is 3.38. The molecule has 156 valence electrons. The Hall–Kier alpha value is -2.88. The van der Waals surface area contributed by atoms with Crippen molar-refractivity contribution in [1.82, 2.24) is 14.4 Å². The maximum Gasteiger partial charge on any atom is 0.276 e. The van der Waals surface area contributed by atoms with Crippen LogP contribution in [-0.4, -0.2) is 28.6 Å². The largest absolute Gasteiger partial charge is 0.496 e. The number of fused-ring (bicyclic) bond motifs is 3. The highest BCUT2D eigenvalue weighted by Crippen LogP contribution is 2.39. The van der Waals surface area contributed by atoms with Crippen molar-refractivity contribution in [3.63, 3.8) is 0 Å². The number of methoxy groups -OCH3 is 2. The quantitative estimate of drug-likeness (QED) is 0.347. The lowest BCUT2D eigenvalue weighted by Gasteiger charge is -2.10. The Morgan fingerprint density at radius 2 is 2.00 bits per heavy atom. The fourth-order valence-electron chi connectivity index (χ4n) is 3.27. The lowest BCUT2D eigenvalue weighted by molar-refractivity contribution is 0.403. The van der Waals surface area contributed by atoms with E-state index in [-0.39, 0.29) is 5.56 Å². The number of thiazole rings is 1. The average molecular weight is 519 g/mol. The highest BCUT2D eigenvalue weighted by atomic mass is 79.9. The molecule has 0 aliphatic carbocycles. The SMILES string of the molecule is COc1cc(-c2ccc(/C=c3\sc4nc5cc(Br)cnc5n4c3=O)o2)c(OC)cc1Cl. The molecule has 0 N–H and O–H groups in total. The number of benzene rings is 1. The molecule has 0 amide bonds. The van der Waals surface area contributed by atoms with Gasteiger partial charge in [-0.25, -0.2) is 14.4 Å². The van der Waals surface area contributed by atoms with Crippen LogP contribution in [0.1, 0.15) is 5.76 Å². The molecule has 0 aliphatic heterocycles. The van der Waals surface area contributed by atoms with Gasteiger partial charge in [0.05, 0.1) is 24.8 Å². The first-order valence-corrected chi connectivity index (χ1v) is 11.0. The normalized spacial score (nSPS) is 12.2. The summed E-state index contributed by atoms with van der Waals surface area (Å²) >= 11 is 10.8. The second-order valence-corrected chi connectivity index (χ2v) is 8.86. The molecular formula is C21H13BrClN3O4S. The smallest absolute Gasteiger partial charge is 0.276 e. The van der Waals surface area contributed by atoms with Crippen molar-refractivity contribution in [1.29, 1.82) is 0 Å². The number of hydrogen-bond donors (Lipinski definition) is 0. The molecule has 4 heterocycles. The molecule has 0 aliphatic rings. The van der Waals surface area contributed by atoms with Crippen molar-refractivity contribution in [2.45, 2.75) is 0 Å². The molecular weight excluding hydrogens is 506 g/mol. The molecule has 0 spiro atoms. The van der Waals surface area contributed by atoms with Crippen molar-refractivity contribution < 1.29 is 13.9 Å². The molecule has 5 aromatic rings. The fraction of sp³-hybridized carbons (Fsp3) is 0.0952. The van der Waals surface area contributed by atoms with E-state index >= 15 is 0 Å². The third-order valence-electron chi connectivity index (χ3n) is 4.69. The minimum atomic E-state index is -0.194. The van der Waals surface area contributed by atoms with Crippen LogP contribution in [0.4, 0.5) is 0 Å². The Balaban J connectivity index is 1.60. The number of nitrogens with zero attached hydrogens (tertiary/aromatic N) is 3. The van der Waals surface area contributed by atoms with Crippen molar-refractivity contribution in [3.8, 4) is 22.8 Å². The molecule has 4 aromatic heterocycles. The molecule has 5 rings (SSSR count). The van der Waals surface area contributed by atoms with Gasteiger partial charge in [0.1, 0.15) is 33.1 Å². The lowest BCUT2D eigenvalue weighted by atomic mass is 10.1. The number of imidazole rings is 1. The van der Waals surface area contributed by atoms with Crippen LogP contribution < -0.4 is 19.6 Å². The molecule has 0 fully saturated rings. The molecule has 10 heteroatoms. The summed E-state index contributed by atoms with van der Waals surface area (Å²) in [6.07, 6.45) is 3.33. The van der Waals surface area contributed by atoms with Gasteiger partial charge >= 0.3 is 0 Å². The highest BCUT2D eigenvalue weighted by Gasteiger charge is 2.16. The van der Waals surface area contributed by atoms with E-state index in [9.17, 15) is 4.79 Å². The summed E-state index contributed by atoms with van der Waals surface area (Å²) in [5.74, 6) is 2.14. The van der Waals surface area contributed by atoms with Gasteiger partial charge in [-0.15, -0.1) is 0 Å². The van der Waals surface area contributed by atoms with Crippen LogP contribution in [-0.2, 0) is 0 Å². The van der Waals surface area contributed by atoms with E-state index in [0.717, 1.165) is 4.47 Å². The lowest BCUT2D eigenvalue weighted by Crippen LogP contribution is -2.22. The Morgan fingerprint density at radius 1 is 1.19 bits per heavy atom. The summed E-state index contributed by atoms with van der Waals surface area (Å²) in [5, 5.41) is 0.437. The predicted octanol–water partition coefficient (Wildman–Crippen LogP) is 4.55. The van der Waals surface area contributed by atoms with Gasteiger partial charge in [0, 0.05) is 22.8 Å². The summed E-state index contributed by atoms with van der Waals surface area (Å²) in [6, 6.07) is 8.83. The van der Waals surface area contributed by atoms with Gasteiger partial charge in [0.15, 0.2) is 10.6 Å². The topological polar surface area (TPSA) is 78.9 Å². The van der Waals surface area contributed by atoms with Gasteiger partial charge in [-0.1, -0.05) is 22.9 Å². The van der Waals surface area contributed by atoms with E-state index in [1.54, 1.807) is 50.8 Å². The van der Waals surface area contributed by atoms with E-state index in [2.05, 4.69) is 25.9 Å². The van der Waals surface area contributed by atoms with E-state index in [1.807, 2.05) is 6.07 Å². The van der Waals surface area contributed by atoms with Gasteiger partial charge in [0.2, 0.25) is 0 Å². The first-order chi connectivity index (χ1) is 15.0. The molecule has 31 heavy (non-hydrogen) atoms. The van der Waals surface area contributed by atoms with E-state index in [0.29, 0.717) is 54.3 Å². The van der Waals surface area contributed by atoms with Crippen molar-refractivity contribution in [2.75, 3.05) is 14.2 Å². The summed E-state index contributed by atoms with van der Waals surface area (Å²) in [7, 11) is 3.10. The standard InChI is InChI=1S/C21H13BrClN3O4S/c1-28-16-8-13(23)17(29-2)7-12(16)15-4-3-11(30-15)6-18-20(27)26-19-14(25-21(26)31-18)5-10(22)9-24-19/h3-9H,1-2H3/b18-6-. The zero-order valence-corrected chi connectivity index (χ0v) is 19.3. The first kappa shape index (κ1) is 20.0. The molecule has 1 aromatic carbocycles. The van der Waals surface area contributed by atoms with Crippen molar-refractivity contribution >= 4 is 61.1 Å². The average Bonchev–Trinajstić information content (AvgIpc) is 3.43. The number of furan rings is 1. The molecule has 0 saturated heterocycles. The summed E-state index contributed by atoms with van der Waals surface area (Å²) in [4.78, 5) is 22.3. The molecule has 0 radical (unpaired) electrons. The predicted molar refractivity (Wildman–Crippen MR) is 123 cm³/mol. The van der Waals surface area contributed by atoms with Crippen molar-refractivity contribution in [2.24, 2.45) is 0 Å². The Labute approximate surface area is 192 Å². The van der Waals surface area contributed by atoms with Crippen LogP contribution in [0.3, 0.4) is 0 Å². The van der Waals surface area contributed by atoms with Crippen LogP contribution in [0.25, 0.3) is 33.5 Å². The summed E-state index contributed by atoms with van der Waals surface area (Å²) < 4.78 is 19.5. The monoisotopic (exact) mass is 517 g/mol. The zero-order valence-electron chi connectivity index (χ0n) is 16.2. The van der Waals surface area contributed by atoms with Crippen LogP contribution in [0, 0.1) is 0 Å². The Kier molecular flexibility index (Phi) is 4.96. The maximum absolute atomic E-state index is 12.9. The van der Waals surface area contributed by atoms with Gasteiger partial charge < -0.3 is 13.9 Å². The number of pyridine rings is 1. The van der Waals surface area contributed by atoms with Crippen LogP contribution >= 0.6 is 38.9 Å². The van der Waals surface area contributed by atoms with E-state index in [1.165, 1.54) is 15.7 Å². The minimum Gasteiger partial charge on any atom is -0.496 e. The Bertz CT molecular complexity index is 1570. The second-order valence-electron chi connectivity index (χ2n) is 6.53. The van der Waals surface area contributed by atoms with E-state index < -0.39 is 0 Å². The first-order valence-electron chi connectivity index (χ1n) is 8.98. The molecule has 0 atom stereocenters. The van der Waals surface area contributed by atoms with Crippen molar-refractivity contribution in [3.05, 3.63) is 66.7 Å². The fourth-order valence-corrected chi connectivity index (χ4v) is 4.78. The Morgan fingerprint density at radius 3 is 2.77 bits per heavy atom. The number of hydrogen-bond acceptors (Lipinski definition) is 7. The zero-order chi connectivity index (χ0) is 21.7. The van der Waals surface area contributed by atoms with Crippen LogP contribution in [0.5, 0.6) is 11.5 Å². The number of rotatable bonds is 4. The van der Waals surface area contributed by atoms with Gasteiger partial charge in [-0.2, -0.15) is 0 Å². The number of halogens is 2. The molecule has 0 unspecified atom stereocenters. The molecule has 0 bridgehead atoms.